The van der Waals surface area contributed by atoms with Crippen LogP contribution in [0.1, 0.15) is 5.56 Å². The predicted octanol–water partition coefficient (Wildman–Crippen LogP) is 1.28. The number of hydrogen-bond acceptors (Lipinski definition) is 5. The molecule has 142 valence electrons. The molecule has 1 heterocycles. The summed E-state index contributed by atoms with van der Waals surface area (Å²) in [6, 6.07) is 9.84. The second-order valence-corrected chi connectivity index (χ2v) is 6.78. The van der Waals surface area contributed by atoms with Crippen molar-refractivity contribution in [3.8, 4) is 0 Å². The molecule has 1 N–H and O–H groups in total. The van der Waals surface area contributed by atoms with Crippen molar-refractivity contribution in [3.05, 3.63) is 42.2 Å². The van der Waals surface area contributed by atoms with Crippen LogP contribution in [0.4, 0.5) is 10.7 Å². The number of aromatic nitrogens is 3. The Morgan fingerprint density at radius 1 is 1.00 bits per heavy atom. The molecule has 0 saturated carbocycles. The van der Waals surface area contributed by atoms with Gasteiger partial charge in [-0.25, -0.2) is 14.5 Å². The first kappa shape index (κ1) is 19.9. The zero-order valence-electron chi connectivity index (χ0n) is 16.1. The monoisotopic (exact) mass is 359 g/mol. The van der Waals surface area contributed by atoms with Crippen LogP contribution in [0.3, 0.4) is 0 Å². The van der Waals surface area contributed by atoms with Crippen LogP contribution < -0.4 is 5.32 Å². The molecule has 0 bridgehead atoms. The molecule has 0 aliphatic carbocycles. The number of anilines is 1. The third kappa shape index (κ3) is 6.81. The SMILES string of the molecule is CN(C)CCN(CCN(C)C)C(=O)Nc1ncn(Cc2ccccc2)n1. The van der Waals surface area contributed by atoms with Crippen molar-refractivity contribution in [2.75, 3.05) is 59.7 Å². The van der Waals surface area contributed by atoms with Crippen LogP contribution in [-0.2, 0) is 6.54 Å². The van der Waals surface area contributed by atoms with Gasteiger partial charge < -0.3 is 14.7 Å². The van der Waals surface area contributed by atoms with Crippen LogP contribution in [0.15, 0.2) is 36.7 Å². The number of carbonyl (C=O) groups excluding carboxylic acids is 1. The van der Waals surface area contributed by atoms with E-state index >= 15 is 0 Å². The molecule has 0 unspecified atom stereocenters. The number of hydrogen-bond donors (Lipinski definition) is 1. The van der Waals surface area contributed by atoms with E-state index in [2.05, 4.69) is 25.2 Å². The summed E-state index contributed by atoms with van der Waals surface area (Å²) in [5.41, 5.74) is 1.13. The lowest BCUT2D eigenvalue weighted by atomic mass is 10.2. The summed E-state index contributed by atoms with van der Waals surface area (Å²) in [5, 5.41) is 7.15. The van der Waals surface area contributed by atoms with Gasteiger partial charge in [-0.3, -0.25) is 5.32 Å². The van der Waals surface area contributed by atoms with E-state index in [0.29, 0.717) is 25.6 Å². The normalized spacial score (nSPS) is 11.2. The number of urea groups is 1. The van der Waals surface area contributed by atoms with Crippen LogP contribution >= 0.6 is 0 Å². The maximum atomic E-state index is 12.6. The lowest BCUT2D eigenvalue weighted by Gasteiger charge is -2.25. The van der Waals surface area contributed by atoms with Crippen molar-refractivity contribution >= 4 is 12.0 Å². The van der Waals surface area contributed by atoms with E-state index in [4.69, 9.17) is 0 Å². The Kier molecular flexibility index (Phi) is 7.55. The Balaban J connectivity index is 1.94. The van der Waals surface area contributed by atoms with E-state index in [1.165, 1.54) is 0 Å². The molecule has 0 spiro atoms. The van der Waals surface area contributed by atoms with E-state index in [1.807, 2.05) is 58.5 Å². The molecule has 0 saturated heterocycles. The molecule has 1 aromatic heterocycles. The molecule has 2 amide bonds. The minimum Gasteiger partial charge on any atom is -0.322 e. The van der Waals surface area contributed by atoms with Crippen LogP contribution in [0.25, 0.3) is 0 Å². The van der Waals surface area contributed by atoms with Gasteiger partial charge in [0, 0.05) is 26.2 Å². The zero-order chi connectivity index (χ0) is 18.9. The molecule has 2 rings (SSSR count). The Bertz CT molecular complexity index is 657. The Hall–Kier alpha value is -2.45. The van der Waals surface area contributed by atoms with Gasteiger partial charge in [-0.2, -0.15) is 0 Å². The number of benzene rings is 1. The second kappa shape index (κ2) is 9.88. The largest absolute Gasteiger partial charge is 0.324 e. The molecule has 8 nitrogen and oxygen atoms in total. The average molecular weight is 359 g/mol. The van der Waals surface area contributed by atoms with Gasteiger partial charge in [-0.1, -0.05) is 30.3 Å². The summed E-state index contributed by atoms with van der Waals surface area (Å²) < 4.78 is 1.72. The molecule has 8 heteroatoms. The highest BCUT2D eigenvalue weighted by molar-refractivity contribution is 5.87. The highest BCUT2D eigenvalue weighted by Crippen LogP contribution is 2.04. The first-order valence-electron chi connectivity index (χ1n) is 8.73. The van der Waals surface area contributed by atoms with Crippen LogP contribution in [0.2, 0.25) is 0 Å². The van der Waals surface area contributed by atoms with Gasteiger partial charge in [-0.15, -0.1) is 5.10 Å². The third-order valence-corrected chi connectivity index (χ3v) is 3.86. The van der Waals surface area contributed by atoms with Crippen LogP contribution in [0.5, 0.6) is 0 Å². The van der Waals surface area contributed by atoms with Gasteiger partial charge in [0.15, 0.2) is 0 Å². The molecule has 1 aromatic carbocycles. The summed E-state index contributed by atoms with van der Waals surface area (Å²) in [6.45, 7) is 3.52. The van der Waals surface area contributed by atoms with E-state index in [-0.39, 0.29) is 6.03 Å². The quantitative estimate of drug-likeness (QED) is 0.730. The number of likely N-dealkylation sites (N-methyl/N-ethyl adjacent to an activating group) is 2. The summed E-state index contributed by atoms with van der Waals surface area (Å²) >= 11 is 0. The molecule has 0 aliphatic rings. The highest BCUT2D eigenvalue weighted by Gasteiger charge is 2.16. The molecule has 0 fully saturated rings. The Labute approximate surface area is 155 Å². The molecule has 26 heavy (non-hydrogen) atoms. The van der Waals surface area contributed by atoms with Gasteiger partial charge in [0.2, 0.25) is 5.95 Å². The van der Waals surface area contributed by atoms with E-state index < -0.39 is 0 Å². The maximum Gasteiger partial charge on any atom is 0.324 e. The van der Waals surface area contributed by atoms with Crippen LogP contribution in [-0.4, -0.2) is 89.9 Å². The first-order valence-corrected chi connectivity index (χ1v) is 8.73. The van der Waals surface area contributed by atoms with Crippen molar-refractivity contribution < 1.29 is 4.79 Å². The lowest BCUT2D eigenvalue weighted by molar-refractivity contribution is 0.198. The maximum absolute atomic E-state index is 12.6. The van der Waals surface area contributed by atoms with E-state index in [0.717, 1.165) is 18.7 Å². The minimum atomic E-state index is -0.175. The zero-order valence-corrected chi connectivity index (χ0v) is 16.1. The number of carbonyl (C=O) groups is 1. The molecular formula is C18H29N7O. The summed E-state index contributed by atoms with van der Waals surface area (Å²) in [5.74, 6) is 0.325. The van der Waals surface area contributed by atoms with Crippen molar-refractivity contribution in [2.45, 2.75) is 6.54 Å². The van der Waals surface area contributed by atoms with Crippen molar-refractivity contribution in [1.29, 1.82) is 0 Å². The van der Waals surface area contributed by atoms with E-state index in [9.17, 15) is 4.79 Å². The van der Waals surface area contributed by atoms with E-state index in [1.54, 1.807) is 15.9 Å². The fourth-order valence-corrected chi connectivity index (χ4v) is 2.33. The fraction of sp³-hybridized carbons (Fsp3) is 0.500. The minimum absolute atomic E-state index is 0.175. The summed E-state index contributed by atoms with van der Waals surface area (Å²) in [4.78, 5) is 22.7. The van der Waals surface area contributed by atoms with Gasteiger partial charge >= 0.3 is 6.03 Å². The summed E-state index contributed by atoms with van der Waals surface area (Å²) in [7, 11) is 7.98. The molecule has 0 aliphatic heterocycles. The topological polar surface area (TPSA) is 69.5 Å². The fourth-order valence-electron chi connectivity index (χ4n) is 2.33. The van der Waals surface area contributed by atoms with Gasteiger partial charge in [0.25, 0.3) is 0 Å². The van der Waals surface area contributed by atoms with Gasteiger partial charge in [-0.05, 0) is 33.8 Å². The number of nitrogens with zero attached hydrogens (tertiary/aromatic N) is 6. The molecule has 0 atom stereocenters. The predicted molar refractivity (Wildman–Crippen MR) is 103 cm³/mol. The standard InChI is InChI=1S/C18H29N7O/c1-22(2)10-12-24(13-11-23(3)4)18(26)20-17-19-15-25(21-17)14-16-8-6-5-7-9-16/h5-9,15H,10-14H2,1-4H3,(H,20,21,26). The Morgan fingerprint density at radius 3 is 2.19 bits per heavy atom. The van der Waals surface area contributed by atoms with Crippen LogP contribution in [0, 0.1) is 0 Å². The average Bonchev–Trinajstić information content (AvgIpc) is 3.02. The molecule has 0 radical (unpaired) electrons. The number of nitrogens with one attached hydrogen (secondary N) is 1. The first-order chi connectivity index (χ1) is 12.4. The molecule has 2 aromatic rings. The number of amides is 2. The summed E-state index contributed by atoms with van der Waals surface area (Å²) in [6.07, 6.45) is 1.63. The van der Waals surface area contributed by atoms with Gasteiger partial charge in [0.1, 0.15) is 6.33 Å². The van der Waals surface area contributed by atoms with Crippen molar-refractivity contribution in [3.63, 3.8) is 0 Å². The van der Waals surface area contributed by atoms with Crippen molar-refractivity contribution in [2.24, 2.45) is 0 Å². The smallest absolute Gasteiger partial charge is 0.322 e. The van der Waals surface area contributed by atoms with Gasteiger partial charge in [0.05, 0.1) is 6.54 Å². The Morgan fingerprint density at radius 2 is 1.62 bits per heavy atom. The molecular weight excluding hydrogens is 330 g/mol. The second-order valence-electron chi connectivity index (χ2n) is 6.78. The number of rotatable bonds is 9. The van der Waals surface area contributed by atoms with Crippen molar-refractivity contribution in [1.82, 2.24) is 29.5 Å². The highest BCUT2D eigenvalue weighted by atomic mass is 16.2. The third-order valence-electron chi connectivity index (χ3n) is 3.86. The lowest BCUT2D eigenvalue weighted by Crippen LogP contribution is -2.42.